The molecule has 1 amide bonds. The zero-order valence-corrected chi connectivity index (χ0v) is 17.0. The molecule has 148 valence electrons. The van der Waals surface area contributed by atoms with E-state index < -0.39 is 0 Å². The highest BCUT2D eigenvalue weighted by Crippen LogP contribution is 2.32. The molecule has 0 radical (unpaired) electrons. The summed E-state index contributed by atoms with van der Waals surface area (Å²) in [7, 11) is 0. The summed E-state index contributed by atoms with van der Waals surface area (Å²) in [5.74, 6) is 1.38. The standard InChI is InChI=1S/C23H28N2O3/c1-17-5-10-20(23(2,3)4)21(15-17)28-14-13-27-19-8-6-18(7-9-19)16-25-22(26)11-12-24/h5-10,15H,11,13-14,16H2,1-4H3,(H,25,26). The van der Waals surface area contributed by atoms with E-state index in [1.54, 1.807) is 0 Å². The van der Waals surface area contributed by atoms with Crippen LogP contribution < -0.4 is 14.8 Å². The number of rotatable bonds is 8. The number of nitriles is 1. The molecule has 0 aliphatic heterocycles. The third-order valence-electron chi connectivity index (χ3n) is 4.21. The number of hydrogen-bond acceptors (Lipinski definition) is 4. The lowest BCUT2D eigenvalue weighted by atomic mass is 9.86. The molecule has 5 heteroatoms. The van der Waals surface area contributed by atoms with Gasteiger partial charge in [0, 0.05) is 6.54 Å². The fourth-order valence-electron chi connectivity index (χ4n) is 2.72. The number of nitrogens with one attached hydrogen (secondary N) is 1. The summed E-state index contributed by atoms with van der Waals surface area (Å²) in [5, 5.41) is 11.2. The average molecular weight is 380 g/mol. The van der Waals surface area contributed by atoms with Gasteiger partial charge >= 0.3 is 0 Å². The van der Waals surface area contributed by atoms with Gasteiger partial charge in [-0.25, -0.2) is 0 Å². The van der Waals surface area contributed by atoms with E-state index in [2.05, 4.69) is 51.2 Å². The van der Waals surface area contributed by atoms with Crippen molar-refractivity contribution >= 4 is 5.91 Å². The van der Waals surface area contributed by atoms with Crippen LogP contribution in [-0.4, -0.2) is 19.1 Å². The SMILES string of the molecule is Cc1ccc(C(C)(C)C)c(OCCOc2ccc(CNC(=O)CC#N)cc2)c1. The molecular formula is C23H28N2O3. The average Bonchev–Trinajstić information content (AvgIpc) is 2.64. The number of hydrogen-bond donors (Lipinski definition) is 1. The van der Waals surface area contributed by atoms with Gasteiger partial charge in [0.15, 0.2) is 0 Å². The quantitative estimate of drug-likeness (QED) is 0.694. The summed E-state index contributed by atoms with van der Waals surface area (Å²) in [6, 6.07) is 15.6. The van der Waals surface area contributed by atoms with Crippen molar-refractivity contribution in [3.05, 3.63) is 59.2 Å². The maximum atomic E-state index is 11.3. The molecule has 0 spiro atoms. The molecule has 0 atom stereocenters. The molecule has 0 bridgehead atoms. The number of carbonyl (C=O) groups is 1. The molecule has 0 aliphatic carbocycles. The molecule has 0 saturated heterocycles. The molecule has 2 aromatic carbocycles. The van der Waals surface area contributed by atoms with E-state index in [0.29, 0.717) is 19.8 Å². The Kier molecular flexibility index (Phi) is 7.45. The largest absolute Gasteiger partial charge is 0.490 e. The summed E-state index contributed by atoms with van der Waals surface area (Å²) in [5.41, 5.74) is 3.31. The van der Waals surface area contributed by atoms with Crippen LogP contribution in [0, 0.1) is 18.3 Å². The highest BCUT2D eigenvalue weighted by molar-refractivity contribution is 5.77. The van der Waals surface area contributed by atoms with Crippen LogP contribution in [0.25, 0.3) is 0 Å². The second-order valence-electron chi connectivity index (χ2n) is 7.70. The first kappa shape index (κ1) is 21.3. The second kappa shape index (κ2) is 9.80. The fourth-order valence-corrected chi connectivity index (χ4v) is 2.72. The van der Waals surface area contributed by atoms with Gasteiger partial charge in [0.2, 0.25) is 5.91 Å². The molecule has 0 fully saturated rings. The zero-order valence-electron chi connectivity index (χ0n) is 17.0. The third kappa shape index (κ3) is 6.62. The first-order valence-electron chi connectivity index (χ1n) is 9.39. The maximum Gasteiger partial charge on any atom is 0.234 e. The molecule has 0 aromatic heterocycles. The van der Waals surface area contributed by atoms with E-state index in [0.717, 1.165) is 17.1 Å². The van der Waals surface area contributed by atoms with Gasteiger partial charge < -0.3 is 14.8 Å². The van der Waals surface area contributed by atoms with Crippen molar-refractivity contribution in [2.45, 2.75) is 46.1 Å². The highest BCUT2D eigenvalue weighted by atomic mass is 16.5. The van der Waals surface area contributed by atoms with Gasteiger partial charge in [-0.1, -0.05) is 45.0 Å². The normalized spacial score (nSPS) is 10.8. The van der Waals surface area contributed by atoms with E-state index in [4.69, 9.17) is 14.7 Å². The topological polar surface area (TPSA) is 71.3 Å². The first-order valence-corrected chi connectivity index (χ1v) is 9.39. The summed E-state index contributed by atoms with van der Waals surface area (Å²) in [6.45, 7) is 9.86. The summed E-state index contributed by atoms with van der Waals surface area (Å²) >= 11 is 0. The molecule has 2 rings (SSSR count). The van der Waals surface area contributed by atoms with Crippen LogP contribution in [0.15, 0.2) is 42.5 Å². The minimum Gasteiger partial charge on any atom is -0.490 e. The van der Waals surface area contributed by atoms with Gasteiger partial charge in [0.05, 0.1) is 6.07 Å². The second-order valence-corrected chi connectivity index (χ2v) is 7.70. The molecule has 0 heterocycles. The van der Waals surface area contributed by atoms with Gasteiger partial charge in [0.1, 0.15) is 31.1 Å². The van der Waals surface area contributed by atoms with Crippen LogP contribution >= 0.6 is 0 Å². The van der Waals surface area contributed by atoms with Crippen LogP contribution in [0.5, 0.6) is 11.5 Å². The van der Waals surface area contributed by atoms with E-state index in [9.17, 15) is 4.79 Å². The smallest absolute Gasteiger partial charge is 0.234 e. The minimum atomic E-state index is -0.272. The van der Waals surface area contributed by atoms with Crippen LogP contribution in [0.4, 0.5) is 0 Å². The van der Waals surface area contributed by atoms with Crippen molar-refractivity contribution in [2.24, 2.45) is 0 Å². The monoisotopic (exact) mass is 380 g/mol. The van der Waals surface area contributed by atoms with Gasteiger partial charge in [-0.3, -0.25) is 4.79 Å². The van der Waals surface area contributed by atoms with Gasteiger partial charge in [-0.2, -0.15) is 5.26 Å². The Bertz CT molecular complexity index is 830. The van der Waals surface area contributed by atoms with E-state index in [1.807, 2.05) is 30.3 Å². The molecule has 0 unspecified atom stereocenters. The van der Waals surface area contributed by atoms with Crippen LogP contribution in [0.3, 0.4) is 0 Å². The van der Waals surface area contributed by atoms with Gasteiger partial charge in [0.25, 0.3) is 0 Å². The number of ether oxygens (including phenoxy) is 2. The minimum absolute atomic E-state index is 0.0162. The predicted octanol–water partition coefficient (Wildman–Crippen LogP) is 4.28. The number of carbonyl (C=O) groups excluding carboxylic acids is 1. The third-order valence-corrected chi connectivity index (χ3v) is 4.21. The first-order chi connectivity index (χ1) is 13.3. The Hall–Kier alpha value is -3.00. The molecule has 1 N–H and O–H groups in total. The van der Waals surface area contributed by atoms with E-state index in [1.165, 1.54) is 11.1 Å². The van der Waals surface area contributed by atoms with Crippen LogP contribution in [0.2, 0.25) is 0 Å². The lowest BCUT2D eigenvalue weighted by Crippen LogP contribution is -2.21. The lowest BCUT2D eigenvalue weighted by molar-refractivity contribution is -0.120. The Balaban J connectivity index is 1.82. The Morgan fingerprint density at radius 1 is 1.07 bits per heavy atom. The molecular weight excluding hydrogens is 352 g/mol. The Labute approximate surface area is 167 Å². The van der Waals surface area contributed by atoms with E-state index in [-0.39, 0.29) is 17.7 Å². The Morgan fingerprint density at radius 2 is 1.75 bits per heavy atom. The molecule has 28 heavy (non-hydrogen) atoms. The molecule has 0 saturated carbocycles. The lowest BCUT2D eigenvalue weighted by Gasteiger charge is -2.23. The summed E-state index contributed by atoms with van der Waals surface area (Å²) in [4.78, 5) is 11.3. The zero-order chi connectivity index (χ0) is 20.6. The van der Waals surface area contributed by atoms with Gasteiger partial charge in [-0.15, -0.1) is 0 Å². The highest BCUT2D eigenvalue weighted by Gasteiger charge is 2.18. The van der Waals surface area contributed by atoms with E-state index >= 15 is 0 Å². The fraction of sp³-hybridized carbons (Fsp3) is 0.391. The maximum absolute atomic E-state index is 11.3. The van der Waals surface area contributed by atoms with Crippen molar-refractivity contribution in [3.8, 4) is 17.6 Å². The van der Waals surface area contributed by atoms with Crippen LogP contribution in [-0.2, 0) is 16.8 Å². The number of benzene rings is 2. The predicted molar refractivity (Wildman–Crippen MR) is 109 cm³/mol. The number of nitrogens with zero attached hydrogens (tertiary/aromatic N) is 1. The van der Waals surface area contributed by atoms with Crippen LogP contribution in [0.1, 0.15) is 43.9 Å². The molecule has 0 aliphatic rings. The number of amides is 1. The van der Waals surface area contributed by atoms with Crippen molar-refractivity contribution < 1.29 is 14.3 Å². The van der Waals surface area contributed by atoms with Gasteiger partial charge in [-0.05, 0) is 47.2 Å². The molecule has 2 aromatic rings. The van der Waals surface area contributed by atoms with Crippen molar-refractivity contribution in [3.63, 3.8) is 0 Å². The number of aryl methyl sites for hydroxylation is 1. The Morgan fingerprint density at radius 3 is 2.39 bits per heavy atom. The summed E-state index contributed by atoms with van der Waals surface area (Å²) in [6.07, 6.45) is -0.126. The van der Waals surface area contributed by atoms with Crippen molar-refractivity contribution in [1.29, 1.82) is 5.26 Å². The van der Waals surface area contributed by atoms with Crippen molar-refractivity contribution in [2.75, 3.05) is 13.2 Å². The molecule has 5 nitrogen and oxygen atoms in total. The van der Waals surface area contributed by atoms with Crippen molar-refractivity contribution in [1.82, 2.24) is 5.32 Å². The summed E-state index contributed by atoms with van der Waals surface area (Å²) < 4.78 is 11.7.